The van der Waals surface area contributed by atoms with Crippen LogP contribution >= 0.6 is 11.8 Å². The van der Waals surface area contributed by atoms with Crippen molar-refractivity contribution in [2.24, 2.45) is 0 Å². The summed E-state index contributed by atoms with van der Waals surface area (Å²) in [4.78, 5) is 26.9. The molecule has 0 unspecified atom stereocenters. The van der Waals surface area contributed by atoms with E-state index in [1.54, 1.807) is 17.0 Å². The Bertz CT molecular complexity index is 784. The van der Waals surface area contributed by atoms with Crippen LogP contribution in [0.25, 0.3) is 0 Å². The molecule has 5 nitrogen and oxygen atoms in total. The molecule has 1 saturated heterocycles. The van der Waals surface area contributed by atoms with E-state index in [-0.39, 0.29) is 11.6 Å². The molecular weight excluding hydrogens is 336 g/mol. The van der Waals surface area contributed by atoms with E-state index in [1.165, 1.54) is 17.8 Å². The predicted molar refractivity (Wildman–Crippen MR) is 98.2 cm³/mol. The second-order valence-electron chi connectivity index (χ2n) is 6.21. The smallest absolute Gasteiger partial charge is 0.284 e. The number of nitro benzene ring substituents is 1. The largest absolute Gasteiger partial charge is 0.339 e. The Labute approximate surface area is 151 Å². The molecule has 0 atom stereocenters. The van der Waals surface area contributed by atoms with Crippen molar-refractivity contribution in [1.82, 2.24) is 4.90 Å². The van der Waals surface area contributed by atoms with Gasteiger partial charge < -0.3 is 4.90 Å². The van der Waals surface area contributed by atoms with E-state index in [2.05, 4.69) is 0 Å². The number of carbonyl (C=O) groups is 1. The van der Waals surface area contributed by atoms with Gasteiger partial charge in [-0.05, 0) is 50.5 Å². The Kier molecular flexibility index (Phi) is 5.38. The molecule has 0 aromatic heterocycles. The molecule has 1 fully saturated rings. The third kappa shape index (κ3) is 4.20. The fourth-order valence-corrected chi connectivity index (χ4v) is 3.79. The minimum Gasteiger partial charge on any atom is -0.339 e. The van der Waals surface area contributed by atoms with Crippen LogP contribution in [0.1, 0.15) is 35.2 Å². The average molecular weight is 356 g/mol. The summed E-state index contributed by atoms with van der Waals surface area (Å²) in [7, 11) is 0. The maximum Gasteiger partial charge on any atom is 0.284 e. The lowest BCUT2D eigenvalue weighted by molar-refractivity contribution is -0.387. The van der Waals surface area contributed by atoms with E-state index < -0.39 is 4.92 Å². The highest BCUT2D eigenvalue weighted by Gasteiger charge is 2.22. The van der Waals surface area contributed by atoms with Crippen molar-refractivity contribution < 1.29 is 9.72 Å². The number of rotatable bonds is 4. The van der Waals surface area contributed by atoms with Crippen LogP contribution < -0.4 is 0 Å². The van der Waals surface area contributed by atoms with Crippen molar-refractivity contribution in [2.45, 2.75) is 36.0 Å². The number of hydrogen-bond donors (Lipinski definition) is 0. The Hall–Kier alpha value is -2.34. The van der Waals surface area contributed by atoms with Gasteiger partial charge in [0.05, 0.1) is 9.82 Å². The summed E-state index contributed by atoms with van der Waals surface area (Å²) in [5.74, 6) is -0.116. The zero-order chi connectivity index (χ0) is 17.8. The second-order valence-corrected chi connectivity index (χ2v) is 7.32. The van der Waals surface area contributed by atoms with Crippen LogP contribution in [-0.4, -0.2) is 28.8 Å². The van der Waals surface area contributed by atoms with Crippen LogP contribution in [0, 0.1) is 17.0 Å². The number of nitrogens with zero attached hydrogens (tertiary/aromatic N) is 2. The van der Waals surface area contributed by atoms with Crippen LogP contribution in [-0.2, 0) is 0 Å². The van der Waals surface area contributed by atoms with Crippen LogP contribution in [0.4, 0.5) is 5.69 Å². The highest BCUT2D eigenvalue weighted by atomic mass is 32.2. The molecule has 0 N–H and O–H groups in total. The van der Waals surface area contributed by atoms with Crippen LogP contribution in [0.2, 0.25) is 0 Å². The van der Waals surface area contributed by atoms with Gasteiger partial charge in [0.1, 0.15) is 0 Å². The molecule has 0 aliphatic carbocycles. The first-order valence-electron chi connectivity index (χ1n) is 8.37. The van der Waals surface area contributed by atoms with Crippen molar-refractivity contribution >= 4 is 23.4 Å². The quantitative estimate of drug-likeness (QED) is 0.589. The van der Waals surface area contributed by atoms with Gasteiger partial charge in [0.15, 0.2) is 0 Å². The molecular formula is C19H20N2O3S. The SMILES string of the molecule is Cc1ccc(Sc2ccc(C(=O)N3CCCCC3)cc2[N+](=O)[O-])cc1. The van der Waals surface area contributed by atoms with Crippen molar-refractivity contribution in [3.05, 3.63) is 63.7 Å². The molecule has 1 aliphatic heterocycles. The molecule has 1 aliphatic rings. The predicted octanol–water partition coefficient (Wildman–Crippen LogP) is 4.68. The molecule has 0 bridgehead atoms. The maximum absolute atomic E-state index is 12.6. The van der Waals surface area contributed by atoms with Crippen LogP contribution in [0.15, 0.2) is 52.3 Å². The molecule has 0 saturated carbocycles. The number of hydrogen-bond acceptors (Lipinski definition) is 4. The number of aryl methyl sites for hydroxylation is 1. The Morgan fingerprint density at radius 1 is 1.08 bits per heavy atom. The first-order chi connectivity index (χ1) is 12.0. The number of likely N-dealkylation sites (tertiary alicyclic amines) is 1. The third-order valence-corrected chi connectivity index (χ3v) is 5.37. The summed E-state index contributed by atoms with van der Waals surface area (Å²) in [6.07, 6.45) is 3.13. The molecule has 0 radical (unpaired) electrons. The molecule has 1 amide bonds. The molecule has 25 heavy (non-hydrogen) atoms. The monoisotopic (exact) mass is 356 g/mol. The van der Waals surface area contributed by atoms with Crippen molar-refractivity contribution in [3.63, 3.8) is 0 Å². The number of piperidine rings is 1. The second kappa shape index (κ2) is 7.70. The van der Waals surface area contributed by atoms with Gasteiger partial charge in [-0.15, -0.1) is 0 Å². The Balaban J connectivity index is 1.86. The van der Waals surface area contributed by atoms with E-state index in [0.717, 1.165) is 42.8 Å². The standard InChI is InChI=1S/C19H20N2O3S/c1-14-5-8-16(9-6-14)25-18-10-7-15(13-17(18)21(23)24)19(22)20-11-3-2-4-12-20/h5-10,13H,2-4,11-12H2,1H3. The number of nitro groups is 1. The Morgan fingerprint density at radius 3 is 2.40 bits per heavy atom. The highest BCUT2D eigenvalue weighted by Crippen LogP contribution is 2.35. The van der Waals surface area contributed by atoms with Gasteiger partial charge in [0.2, 0.25) is 0 Å². The van der Waals surface area contributed by atoms with Crippen molar-refractivity contribution in [3.8, 4) is 0 Å². The molecule has 130 valence electrons. The van der Waals surface area contributed by atoms with Gasteiger partial charge in [-0.2, -0.15) is 0 Å². The van der Waals surface area contributed by atoms with Gasteiger partial charge in [-0.3, -0.25) is 14.9 Å². The van der Waals surface area contributed by atoms with Gasteiger partial charge in [-0.25, -0.2) is 0 Å². The number of benzene rings is 2. The molecule has 3 rings (SSSR count). The van der Waals surface area contributed by atoms with Crippen molar-refractivity contribution in [2.75, 3.05) is 13.1 Å². The summed E-state index contributed by atoms with van der Waals surface area (Å²) in [6.45, 7) is 3.46. The van der Waals surface area contributed by atoms with Crippen LogP contribution in [0.5, 0.6) is 0 Å². The molecule has 1 heterocycles. The van der Waals surface area contributed by atoms with E-state index in [0.29, 0.717) is 10.5 Å². The first-order valence-corrected chi connectivity index (χ1v) is 9.18. The Morgan fingerprint density at radius 2 is 1.76 bits per heavy atom. The number of carbonyl (C=O) groups excluding carboxylic acids is 1. The van der Waals surface area contributed by atoms with E-state index in [9.17, 15) is 14.9 Å². The lowest BCUT2D eigenvalue weighted by Gasteiger charge is -2.26. The fraction of sp³-hybridized carbons (Fsp3) is 0.316. The average Bonchev–Trinajstić information content (AvgIpc) is 2.64. The van der Waals surface area contributed by atoms with Gasteiger partial charge in [0, 0.05) is 29.6 Å². The summed E-state index contributed by atoms with van der Waals surface area (Å²) >= 11 is 1.34. The minimum absolute atomic E-state index is 0.0200. The van der Waals surface area contributed by atoms with Gasteiger partial charge in [0.25, 0.3) is 11.6 Å². The summed E-state index contributed by atoms with van der Waals surface area (Å²) in [5.41, 5.74) is 1.51. The van der Waals surface area contributed by atoms with Crippen LogP contribution in [0.3, 0.4) is 0 Å². The highest BCUT2D eigenvalue weighted by molar-refractivity contribution is 7.99. The maximum atomic E-state index is 12.6. The number of amides is 1. The lowest BCUT2D eigenvalue weighted by atomic mass is 10.1. The van der Waals surface area contributed by atoms with E-state index in [4.69, 9.17) is 0 Å². The van der Waals surface area contributed by atoms with E-state index in [1.807, 2.05) is 31.2 Å². The normalized spacial score (nSPS) is 14.4. The van der Waals surface area contributed by atoms with Crippen molar-refractivity contribution in [1.29, 1.82) is 0 Å². The molecule has 0 spiro atoms. The fourth-order valence-electron chi connectivity index (χ4n) is 2.89. The topological polar surface area (TPSA) is 63.5 Å². The zero-order valence-electron chi connectivity index (χ0n) is 14.1. The first kappa shape index (κ1) is 17.5. The third-order valence-electron chi connectivity index (χ3n) is 4.29. The van der Waals surface area contributed by atoms with Gasteiger partial charge >= 0.3 is 0 Å². The van der Waals surface area contributed by atoms with E-state index >= 15 is 0 Å². The zero-order valence-corrected chi connectivity index (χ0v) is 14.9. The molecule has 2 aromatic rings. The lowest BCUT2D eigenvalue weighted by Crippen LogP contribution is -2.35. The summed E-state index contributed by atoms with van der Waals surface area (Å²) < 4.78 is 0. The summed E-state index contributed by atoms with van der Waals surface area (Å²) in [5, 5.41) is 11.5. The minimum atomic E-state index is -0.413. The molecule has 2 aromatic carbocycles. The molecule has 6 heteroatoms. The van der Waals surface area contributed by atoms with Gasteiger partial charge in [-0.1, -0.05) is 29.5 Å². The summed E-state index contributed by atoms with van der Waals surface area (Å²) in [6, 6.07) is 12.6.